The number of carbonyl (C=O) groups excluding carboxylic acids is 1. The van der Waals surface area contributed by atoms with Gasteiger partial charge in [-0.15, -0.1) is 23.1 Å². The predicted octanol–water partition coefficient (Wildman–Crippen LogP) is 4.37. The molecule has 0 atom stereocenters. The number of hydrogen-bond donors (Lipinski definition) is 1. The van der Waals surface area contributed by atoms with Crippen molar-refractivity contribution in [2.24, 2.45) is 0 Å². The smallest absolute Gasteiger partial charge is 0.280 e. The van der Waals surface area contributed by atoms with Crippen LogP contribution in [-0.4, -0.2) is 35.4 Å². The molecule has 1 amide bonds. The Hall–Kier alpha value is -1.89. The molecule has 1 fully saturated rings. The molecule has 1 saturated heterocycles. The number of amides is 1. The minimum absolute atomic E-state index is 0.0358. The number of ether oxygens (including phenoxy) is 1. The molecule has 0 unspecified atom stereocenters. The van der Waals surface area contributed by atoms with Crippen molar-refractivity contribution in [1.82, 2.24) is 10.3 Å². The van der Waals surface area contributed by atoms with E-state index in [9.17, 15) is 4.79 Å². The van der Waals surface area contributed by atoms with E-state index < -0.39 is 0 Å². The lowest BCUT2D eigenvalue weighted by molar-refractivity contribution is 0.0741. The van der Waals surface area contributed by atoms with Crippen LogP contribution in [0.25, 0.3) is 10.2 Å². The number of nitrogens with zero attached hydrogens (tertiary/aromatic N) is 1. The van der Waals surface area contributed by atoms with E-state index in [1.54, 1.807) is 0 Å². The van der Waals surface area contributed by atoms with E-state index in [1.165, 1.54) is 16.2 Å². The number of thiazole rings is 1. The van der Waals surface area contributed by atoms with Gasteiger partial charge in [0.25, 0.3) is 5.91 Å². The zero-order valence-electron chi connectivity index (χ0n) is 14.3. The summed E-state index contributed by atoms with van der Waals surface area (Å²) >= 11 is 3.28. The fourth-order valence-electron chi connectivity index (χ4n) is 3.08. The van der Waals surface area contributed by atoms with Crippen LogP contribution in [0.3, 0.4) is 0 Å². The predicted molar refractivity (Wildman–Crippen MR) is 107 cm³/mol. The monoisotopic (exact) mass is 384 g/mol. The fraction of sp³-hybridized carbons (Fsp3) is 0.300. The molecular formula is C20H20N2O2S2. The molecule has 1 N–H and O–H groups in total. The van der Waals surface area contributed by atoms with Crippen LogP contribution in [0.2, 0.25) is 0 Å². The largest absolute Gasteiger partial charge is 0.381 e. The summed E-state index contributed by atoms with van der Waals surface area (Å²) in [7, 11) is 0. The van der Waals surface area contributed by atoms with Gasteiger partial charge in [-0.3, -0.25) is 4.79 Å². The first-order chi connectivity index (χ1) is 12.7. The highest BCUT2D eigenvalue weighted by atomic mass is 32.2. The Kier molecular flexibility index (Phi) is 5.24. The molecule has 1 aliphatic heterocycles. The van der Waals surface area contributed by atoms with E-state index in [0.29, 0.717) is 11.6 Å². The van der Waals surface area contributed by atoms with E-state index >= 15 is 0 Å². The number of fused-ring (bicyclic) bond motifs is 1. The number of benzene rings is 2. The first-order valence-corrected chi connectivity index (χ1v) is 10.3. The first kappa shape index (κ1) is 17.5. The molecule has 1 aromatic heterocycles. The van der Waals surface area contributed by atoms with Crippen molar-refractivity contribution in [3.05, 3.63) is 59.6 Å². The van der Waals surface area contributed by atoms with E-state index in [-0.39, 0.29) is 10.7 Å². The third-order valence-electron chi connectivity index (χ3n) is 4.54. The van der Waals surface area contributed by atoms with Gasteiger partial charge < -0.3 is 10.1 Å². The lowest BCUT2D eigenvalue weighted by Crippen LogP contribution is -2.44. The molecule has 0 radical (unpaired) electrons. The third-order valence-corrected chi connectivity index (χ3v) is 7.07. The van der Waals surface area contributed by atoms with E-state index in [1.807, 2.05) is 42.1 Å². The molecule has 4 nitrogen and oxygen atoms in total. The molecule has 0 bridgehead atoms. The van der Waals surface area contributed by atoms with Crippen molar-refractivity contribution in [2.75, 3.05) is 19.8 Å². The molecule has 0 aliphatic carbocycles. The van der Waals surface area contributed by atoms with Crippen molar-refractivity contribution in [3.63, 3.8) is 0 Å². The summed E-state index contributed by atoms with van der Waals surface area (Å²) in [4.78, 5) is 18.3. The van der Waals surface area contributed by atoms with Crippen LogP contribution >= 0.6 is 23.1 Å². The standard InChI is InChI=1S/C20H20N2O2S2/c23-18(19-22-16-8-4-5-9-17(16)25-19)21-14-20(10-12-24-13-11-20)26-15-6-2-1-3-7-15/h1-9H,10-14H2,(H,21,23). The number of rotatable bonds is 5. The Balaban J connectivity index is 1.48. The van der Waals surface area contributed by atoms with Gasteiger partial charge in [-0.05, 0) is 37.1 Å². The number of nitrogens with one attached hydrogen (secondary N) is 1. The van der Waals surface area contributed by atoms with Crippen molar-refractivity contribution in [3.8, 4) is 0 Å². The summed E-state index contributed by atoms with van der Waals surface area (Å²) in [5.74, 6) is -0.0919. The lowest BCUT2D eigenvalue weighted by atomic mass is 9.99. The van der Waals surface area contributed by atoms with Gasteiger partial charge in [-0.1, -0.05) is 30.3 Å². The molecule has 0 spiro atoms. The van der Waals surface area contributed by atoms with Gasteiger partial charge in [0.1, 0.15) is 0 Å². The second-order valence-electron chi connectivity index (χ2n) is 6.38. The molecule has 3 aromatic rings. The van der Waals surface area contributed by atoms with Gasteiger partial charge in [0.15, 0.2) is 5.01 Å². The third kappa shape index (κ3) is 3.92. The normalized spacial score (nSPS) is 16.5. The maximum Gasteiger partial charge on any atom is 0.280 e. The number of para-hydroxylation sites is 1. The minimum Gasteiger partial charge on any atom is -0.381 e. The topological polar surface area (TPSA) is 51.2 Å². The Morgan fingerprint density at radius 1 is 1.12 bits per heavy atom. The second-order valence-corrected chi connectivity index (χ2v) is 8.95. The SMILES string of the molecule is O=C(NCC1(Sc2ccccc2)CCOCC1)c1nc2ccccc2s1. The Morgan fingerprint density at radius 2 is 1.85 bits per heavy atom. The highest BCUT2D eigenvalue weighted by Crippen LogP contribution is 2.40. The number of carbonyl (C=O) groups is 1. The second kappa shape index (κ2) is 7.78. The van der Waals surface area contributed by atoms with Gasteiger partial charge in [0.05, 0.1) is 10.2 Å². The van der Waals surface area contributed by atoms with Crippen molar-refractivity contribution in [2.45, 2.75) is 22.5 Å². The molecule has 2 aromatic carbocycles. The van der Waals surface area contributed by atoms with Crippen LogP contribution < -0.4 is 5.32 Å². The lowest BCUT2D eigenvalue weighted by Gasteiger charge is -2.36. The Morgan fingerprint density at radius 3 is 2.62 bits per heavy atom. The number of hydrogen-bond acceptors (Lipinski definition) is 5. The summed E-state index contributed by atoms with van der Waals surface area (Å²) < 4.78 is 6.56. The molecule has 0 saturated carbocycles. The maximum atomic E-state index is 12.6. The summed E-state index contributed by atoms with van der Waals surface area (Å²) in [6.45, 7) is 2.08. The van der Waals surface area contributed by atoms with Crippen molar-refractivity contribution < 1.29 is 9.53 Å². The van der Waals surface area contributed by atoms with Gasteiger partial charge in [-0.25, -0.2) is 4.98 Å². The van der Waals surface area contributed by atoms with Gasteiger partial charge >= 0.3 is 0 Å². The quantitative estimate of drug-likeness (QED) is 0.710. The van der Waals surface area contributed by atoms with E-state index in [4.69, 9.17) is 4.74 Å². The van der Waals surface area contributed by atoms with Crippen LogP contribution in [0.4, 0.5) is 0 Å². The highest BCUT2D eigenvalue weighted by molar-refractivity contribution is 8.00. The van der Waals surface area contributed by atoms with Crippen LogP contribution in [0.5, 0.6) is 0 Å². The zero-order valence-corrected chi connectivity index (χ0v) is 15.9. The van der Waals surface area contributed by atoms with Crippen molar-refractivity contribution >= 4 is 39.2 Å². The van der Waals surface area contributed by atoms with Gasteiger partial charge in [-0.2, -0.15) is 0 Å². The summed E-state index contributed by atoms with van der Waals surface area (Å²) in [5, 5.41) is 3.65. The Labute approximate surface area is 161 Å². The average molecular weight is 385 g/mol. The molecule has 26 heavy (non-hydrogen) atoms. The summed E-state index contributed by atoms with van der Waals surface area (Å²) in [6.07, 6.45) is 1.85. The highest BCUT2D eigenvalue weighted by Gasteiger charge is 2.34. The first-order valence-electron chi connectivity index (χ1n) is 8.70. The number of thioether (sulfide) groups is 1. The summed E-state index contributed by atoms with van der Waals surface area (Å²) in [5.41, 5.74) is 0.877. The molecule has 134 valence electrons. The Bertz CT molecular complexity index is 856. The van der Waals surface area contributed by atoms with Crippen LogP contribution in [-0.2, 0) is 4.74 Å². The maximum absolute atomic E-state index is 12.6. The molecule has 2 heterocycles. The average Bonchev–Trinajstić information content (AvgIpc) is 3.12. The molecule has 4 rings (SSSR count). The molecule has 1 aliphatic rings. The number of aromatic nitrogens is 1. The molecular weight excluding hydrogens is 364 g/mol. The summed E-state index contributed by atoms with van der Waals surface area (Å²) in [6, 6.07) is 18.2. The van der Waals surface area contributed by atoms with Crippen LogP contribution in [0, 0.1) is 0 Å². The van der Waals surface area contributed by atoms with Crippen LogP contribution in [0.15, 0.2) is 59.5 Å². The molecule has 6 heteroatoms. The van der Waals surface area contributed by atoms with Gasteiger partial charge in [0.2, 0.25) is 0 Å². The fourth-order valence-corrected chi connectivity index (χ4v) is 5.27. The van der Waals surface area contributed by atoms with Crippen LogP contribution in [0.1, 0.15) is 22.6 Å². The van der Waals surface area contributed by atoms with Crippen molar-refractivity contribution in [1.29, 1.82) is 0 Å². The van der Waals surface area contributed by atoms with E-state index in [0.717, 1.165) is 36.3 Å². The zero-order chi connectivity index (χ0) is 17.8. The van der Waals surface area contributed by atoms with Gasteiger partial charge in [0, 0.05) is 29.4 Å². The minimum atomic E-state index is -0.0919. The van der Waals surface area contributed by atoms with E-state index in [2.05, 4.69) is 34.6 Å².